The summed E-state index contributed by atoms with van der Waals surface area (Å²) in [5, 5.41) is 5.05. The highest BCUT2D eigenvalue weighted by molar-refractivity contribution is 5.89. The van der Waals surface area contributed by atoms with Gasteiger partial charge >= 0.3 is 5.97 Å². The molecule has 19 heavy (non-hydrogen) atoms. The van der Waals surface area contributed by atoms with Crippen LogP contribution in [0.25, 0.3) is 0 Å². The van der Waals surface area contributed by atoms with Gasteiger partial charge in [-0.1, -0.05) is 20.8 Å². The summed E-state index contributed by atoms with van der Waals surface area (Å²) in [5.74, 6) is -0.845. The Kier molecular flexibility index (Phi) is 8.57. The summed E-state index contributed by atoms with van der Waals surface area (Å²) < 4.78 is 4.84. The minimum Gasteiger partial charge on any atom is -0.464 e. The van der Waals surface area contributed by atoms with E-state index in [2.05, 4.69) is 10.6 Å². The molecule has 0 bridgehead atoms. The molecule has 6 heteroatoms. The lowest BCUT2D eigenvalue weighted by Crippen LogP contribution is -2.48. The molecule has 0 aromatic heterocycles. The topological polar surface area (TPSA) is 84.5 Å². The number of ether oxygens (including phenoxy) is 1. The molecule has 0 unspecified atom stereocenters. The number of amides is 2. The van der Waals surface area contributed by atoms with Crippen molar-refractivity contribution >= 4 is 17.8 Å². The predicted octanol–water partition coefficient (Wildman–Crippen LogP) is 0.607. The van der Waals surface area contributed by atoms with Crippen molar-refractivity contribution in [3.63, 3.8) is 0 Å². The third-order valence-corrected chi connectivity index (χ3v) is 2.28. The van der Waals surface area contributed by atoms with Crippen LogP contribution in [0.1, 0.15) is 40.5 Å². The van der Waals surface area contributed by atoms with E-state index >= 15 is 0 Å². The fourth-order valence-corrected chi connectivity index (χ4v) is 1.50. The van der Waals surface area contributed by atoms with Gasteiger partial charge in [0, 0.05) is 6.92 Å². The third-order valence-electron chi connectivity index (χ3n) is 2.28. The van der Waals surface area contributed by atoms with Gasteiger partial charge in [0.25, 0.3) is 0 Å². The maximum atomic E-state index is 11.9. The van der Waals surface area contributed by atoms with Crippen LogP contribution in [0.4, 0.5) is 0 Å². The quantitative estimate of drug-likeness (QED) is 0.634. The molecule has 0 heterocycles. The van der Waals surface area contributed by atoms with Gasteiger partial charge in [-0.3, -0.25) is 14.4 Å². The van der Waals surface area contributed by atoms with Crippen LogP contribution in [0.5, 0.6) is 0 Å². The highest BCUT2D eigenvalue weighted by Crippen LogP contribution is 2.04. The van der Waals surface area contributed by atoms with Crippen LogP contribution in [0.2, 0.25) is 0 Å². The second kappa shape index (κ2) is 9.35. The molecule has 6 nitrogen and oxygen atoms in total. The molecular formula is C13H24N2O4. The van der Waals surface area contributed by atoms with Crippen LogP contribution in [0, 0.1) is 5.92 Å². The summed E-state index contributed by atoms with van der Waals surface area (Å²) in [4.78, 5) is 34.1. The van der Waals surface area contributed by atoms with Gasteiger partial charge in [-0.25, -0.2) is 0 Å². The monoisotopic (exact) mass is 272 g/mol. The van der Waals surface area contributed by atoms with Crippen LogP contribution in [-0.2, 0) is 19.1 Å². The first kappa shape index (κ1) is 17.4. The lowest BCUT2D eigenvalue weighted by Gasteiger charge is -2.19. The number of hydrogen-bond donors (Lipinski definition) is 2. The molecule has 1 atom stereocenters. The van der Waals surface area contributed by atoms with Crippen LogP contribution in [0.15, 0.2) is 0 Å². The summed E-state index contributed by atoms with van der Waals surface area (Å²) in [6, 6.07) is -0.614. The van der Waals surface area contributed by atoms with Crippen molar-refractivity contribution in [2.75, 3.05) is 13.2 Å². The summed E-state index contributed by atoms with van der Waals surface area (Å²) in [5.41, 5.74) is 0. The number of rotatable bonds is 8. The number of carbonyl (C=O) groups is 3. The number of hydrogen-bond acceptors (Lipinski definition) is 4. The van der Waals surface area contributed by atoms with Gasteiger partial charge in [-0.15, -0.1) is 0 Å². The smallest absolute Gasteiger partial charge is 0.325 e. The summed E-state index contributed by atoms with van der Waals surface area (Å²) >= 11 is 0. The Bertz CT molecular complexity index is 316. The van der Waals surface area contributed by atoms with Gasteiger partial charge < -0.3 is 15.4 Å². The zero-order valence-electron chi connectivity index (χ0n) is 12.1. The average molecular weight is 272 g/mol. The van der Waals surface area contributed by atoms with E-state index in [0.717, 1.165) is 6.42 Å². The molecule has 2 N–H and O–H groups in total. The molecule has 0 fully saturated rings. The molecular weight excluding hydrogens is 248 g/mol. The van der Waals surface area contributed by atoms with Gasteiger partial charge in [0.2, 0.25) is 11.8 Å². The molecule has 0 spiro atoms. The van der Waals surface area contributed by atoms with Crippen LogP contribution in [0.3, 0.4) is 0 Å². The Morgan fingerprint density at radius 1 is 1.21 bits per heavy atom. The van der Waals surface area contributed by atoms with Gasteiger partial charge in [0.05, 0.1) is 6.61 Å². The van der Waals surface area contributed by atoms with Gasteiger partial charge in [0.15, 0.2) is 0 Å². The summed E-state index contributed by atoms with van der Waals surface area (Å²) in [6.07, 6.45) is 1.26. The molecule has 0 aliphatic heterocycles. The molecule has 0 aromatic carbocycles. The lowest BCUT2D eigenvalue weighted by atomic mass is 10.0. The van der Waals surface area contributed by atoms with Crippen LogP contribution in [-0.4, -0.2) is 37.0 Å². The van der Waals surface area contributed by atoms with Gasteiger partial charge in [0.1, 0.15) is 12.6 Å². The normalized spacial score (nSPS) is 11.8. The maximum absolute atomic E-state index is 11.9. The summed E-state index contributed by atoms with van der Waals surface area (Å²) in [7, 11) is 0. The van der Waals surface area contributed by atoms with Crippen molar-refractivity contribution < 1.29 is 19.1 Å². The Hall–Kier alpha value is -1.59. The van der Waals surface area contributed by atoms with E-state index in [9.17, 15) is 14.4 Å². The second-order valence-corrected chi connectivity index (χ2v) is 4.82. The fourth-order valence-electron chi connectivity index (χ4n) is 1.50. The molecule has 0 aliphatic rings. The molecule has 0 saturated carbocycles. The predicted molar refractivity (Wildman–Crippen MR) is 71.3 cm³/mol. The number of esters is 1. The van der Waals surface area contributed by atoms with Crippen LogP contribution < -0.4 is 10.6 Å². The van der Waals surface area contributed by atoms with E-state index < -0.39 is 12.0 Å². The van der Waals surface area contributed by atoms with Crippen molar-refractivity contribution in [2.24, 2.45) is 5.92 Å². The van der Waals surface area contributed by atoms with Crippen LogP contribution >= 0.6 is 0 Å². The Morgan fingerprint density at radius 2 is 1.84 bits per heavy atom. The van der Waals surface area contributed by atoms with E-state index in [-0.39, 0.29) is 24.3 Å². The highest BCUT2D eigenvalue weighted by Gasteiger charge is 2.21. The zero-order valence-corrected chi connectivity index (χ0v) is 12.1. The first-order chi connectivity index (χ1) is 8.86. The minimum atomic E-state index is -0.614. The van der Waals surface area contributed by atoms with E-state index in [1.54, 1.807) is 0 Å². The second-order valence-electron chi connectivity index (χ2n) is 4.82. The van der Waals surface area contributed by atoms with E-state index in [0.29, 0.717) is 13.0 Å². The Balaban J connectivity index is 4.23. The Labute approximate surface area is 114 Å². The summed E-state index contributed by atoms with van der Waals surface area (Å²) in [6.45, 7) is 7.33. The van der Waals surface area contributed by atoms with E-state index in [1.165, 1.54) is 6.92 Å². The Morgan fingerprint density at radius 3 is 2.32 bits per heavy atom. The molecule has 0 aliphatic carbocycles. The van der Waals surface area contributed by atoms with E-state index in [4.69, 9.17) is 4.74 Å². The third kappa shape index (κ3) is 9.04. The zero-order chi connectivity index (χ0) is 14.8. The standard InChI is InChI=1S/C13H24N2O4/c1-5-6-19-12(17)8-14-13(18)11(7-9(2)3)15-10(4)16/h9,11H,5-8H2,1-4H3,(H,14,18)(H,15,16)/t11-/m0/s1. The molecule has 110 valence electrons. The molecule has 2 amide bonds. The first-order valence-corrected chi connectivity index (χ1v) is 6.57. The largest absolute Gasteiger partial charge is 0.464 e. The fraction of sp³-hybridized carbons (Fsp3) is 0.769. The molecule has 0 rings (SSSR count). The van der Waals surface area contributed by atoms with Crippen molar-refractivity contribution in [1.82, 2.24) is 10.6 Å². The van der Waals surface area contributed by atoms with E-state index in [1.807, 2.05) is 20.8 Å². The number of nitrogens with one attached hydrogen (secondary N) is 2. The maximum Gasteiger partial charge on any atom is 0.325 e. The highest BCUT2D eigenvalue weighted by atomic mass is 16.5. The molecule has 0 radical (unpaired) electrons. The van der Waals surface area contributed by atoms with Gasteiger partial charge in [-0.05, 0) is 18.8 Å². The van der Waals surface area contributed by atoms with Gasteiger partial charge in [-0.2, -0.15) is 0 Å². The van der Waals surface area contributed by atoms with Crippen molar-refractivity contribution in [3.05, 3.63) is 0 Å². The lowest BCUT2D eigenvalue weighted by molar-refractivity contribution is -0.144. The molecule has 0 saturated heterocycles. The van der Waals surface area contributed by atoms with Crippen molar-refractivity contribution in [2.45, 2.75) is 46.6 Å². The average Bonchev–Trinajstić information content (AvgIpc) is 2.31. The minimum absolute atomic E-state index is 0.174. The van der Waals surface area contributed by atoms with Crippen molar-refractivity contribution in [3.8, 4) is 0 Å². The molecule has 0 aromatic rings. The SMILES string of the molecule is CCCOC(=O)CNC(=O)[C@H](CC(C)C)NC(C)=O. The number of carbonyl (C=O) groups excluding carboxylic acids is 3. The first-order valence-electron chi connectivity index (χ1n) is 6.57. The van der Waals surface area contributed by atoms with Crippen molar-refractivity contribution in [1.29, 1.82) is 0 Å².